The third-order valence-electron chi connectivity index (χ3n) is 2.85. The number of aromatic nitrogens is 3. The highest BCUT2D eigenvalue weighted by Gasteiger charge is 2.35. The molecule has 72 valence electrons. The molecule has 0 radical (unpaired) electrons. The van der Waals surface area contributed by atoms with Crippen LogP contribution in [0.25, 0.3) is 0 Å². The first kappa shape index (κ1) is 8.90. The van der Waals surface area contributed by atoms with Crippen LogP contribution in [0, 0.1) is 4.77 Å². The first-order valence-corrected chi connectivity index (χ1v) is 4.86. The summed E-state index contributed by atoms with van der Waals surface area (Å²) in [5, 5.41) is 15.8. The fourth-order valence-corrected chi connectivity index (χ4v) is 2.28. The first-order valence-electron chi connectivity index (χ1n) is 4.45. The maximum Gasteiger partial charge on any atom is 0.195 e. The van der Waals surface area contributed by atoms with Crippen molar-refractivity contribution >= 4 is 12.2 Å². The molecule has 0 bridgehead atoms. The number of nitrogens with one attached hydrogen (secondary N) is 1. The largest absolute Gasteiger partial charge is 0.388 e. The van der Waals surface area contributed by atoms with E-state index in [-0.39, 0.29) is 12.1 Å². The maximum absolute atomic E-state index is 9.07. The van der Waals surface area contributed by atoms with Crippen LogP contribution in [0.1, 0.15) is 32.0 Å². The fraction of sp³-hybridized carbons (Fsp3) is 0.750. The minimum Gasteiger partial charge on any atom is -0.388 e. The van der Waals surface area contributed by atoms with Gasteiger partial charge in [-0.05, 0) is 38.4 Å². The van der Waals surface area contributed by atoms with Crippen molar-refractivity contribution in [3.8, 4) is 0 Å². The van der Waals surface area contributed by atoms with Gasteiger partial charge >= 0.3 is 0 Å². The SMILES string of the molecule is CC1(n2c(CO)n[nH]c2=S)CCC1. The Morgan fingerprint density at radius 3 is 2.85 bits per heavy atom. The molecule has 1 aliphatic rings. The summed E-state index contributed by atoms with van der Waals surface area (Å²) in [5.41, 5.74) is 0.0855. The molecule has 1 aliphatic carbocycles. The second-order valence-corrected chi connectivity index (χ2v) is 4.18. The molecule has 0 saturated heterocycles. The average Bonchev–Trinajstić information content (AvgIpc) is 2.43. The number of aliphatic hydroxyl groups is 1. The monoisotopic (exact) mass is 199 g/mol. The van der Waals surface area contributed by atoms with E-state index in [1.54, 1.807) is 0 Å². The van der Waals surface area contributed by atoms with E-state index >= 15 is 0 Å². The molecule has 13 heavy (non-hydrogen) atoms. The summed E-state index contributed by atoms with van der Waals surface area (Å²) < 4.78 is 2.57. The number of hydrogen-bond donors (Lipinski definition) is 2. The average molecular weight is 199 g/mol. The fourth-order valence-electron chi connectivity index (χ4n) is 1.90. The van der Waals surface area contributed by atoms with Crippen LogP contribution in [-0.4, -0.2) is 19.9 Å². The highest BCUT2D eigenvalue weighted by molar-refractivity contribution is 7.71. The molecule has 2 rings (SSSR count). The Kier molecular flexibility index (Phi) is 2.00. The highest BCUT2D eigenvalue weighted by Crippen LogP contribution is 2.39. The van der Waals surface area contributed by atoms with Gasteiger partial charge in [-0.15, -0.1) is 0 Å². The Morgan fingerprint density at radius 2 is 2.38 bits per heavy atom. The molecular formula is C8H13N3OS. The smallest absolute Gasteiger partial charge is 0.195 e. The molecule has 0 aliphatic heterocycles. The molecule has 1 fully saturated rings. The second-order valence-electron chi connectivity index (χ2n) is 3.79. The normalized spacial score (nSPS) is 19.8. The van der Waals surface area contributed by atoms with E-state index < -0.39 is 0 Å². The highest BCUT2D eigenvalue weighted by atomic mass is 32.1. The lowest BCUT2D eigenvalue weighted by Gasteiger charge is -2.40. The number of aliphatic hydroxyl groups excluding tert-OH is 1. The van der Waals surface area contributed by atoms with E-state index in [9.17, 15) is 0 Å². The molecule has 4 nitrogen and oxygen atoms in total. The van der Waals surface area contributed by atoms with Crippen LogP contribution in [0.2, 0.25) is 0 Å². The summed E-state index contributed by atoms with van der Waals surface area (Å²) in [6.45, 7) is 2.10. The van der Waals surface area contributed by atoms with Gasteiger partial charge in [0.15, 0.2) is 10.6 Å². The molecule has 1 aromatic rings. The lowest BCUT2D eigenvalue weighted by molar-refractivity contribution is 0.148. The summed E-state index contributed by atoms with van der Waals surface area (Å²) in [6, 6.07) is 0. The van der Waals surface area contributed by atoms with Crippen LogP contribution in [0.3, 0.4) is 0 Å². The van der Waals surface area contributed by atoms with Gasteiger partial charge < -0.3 is 5.11 Å². The van der Waals surface area contributed by atoms with Crippen LogP contribution in [-0.2, 0) is 12.1 Å². The van der Waals surface area contributed by atoms with E-state index in [0.29, 0.717) is 10.6 Å². The number of hydrogen-bond acceptors (Lipinski definition) is 3. The Labute approximate surface area is 81.6 Å². The van der Waals surface area contributed by atoms with Crippen molar-refractivity contribution < 1.29 is 5.11 Å². The molecule has 2 N–H and O–H groups in total. The van der Waals surface area contributed by atoms with Crippen molar-refractivity contribution in [2.75, 3.05) is 0 Å². The van der Waals surface area contributed by atoms with Crippen LogP contribution in [0.15, 0.2) is 0 Å². The van der Waals surface area contributed by atoms with Crippen LogP contribution < -0.4 is 0 Å². The molecule has 0 atom stereocenters. The van der Waals surface area contributed by atoms with Gasteiger partial charge in [0.2, 0.25) is 0 Å². The summed E-state index contributed by atoms with van der Waals surface area (Å²) in [7, 11) is 0. The van der Waals surface area contributed by atoms with E-state index in [1.807, 2.05) is 4.57 Å². The van der Waals surface area contributed by atoms with Gasteiger partial charge in [0.05, 0.1) is 0 Å². The van der Waals surface area contributed by atoms with Crippen LogP contribution in [0.4, 0.5) is 0 Å². The summed E-state index contributed by atoms with van der Waals surface area (Å²) in [6.07, 6.45) is 3.47. The number of H-pyrrole nitrogens is 1. The molecular weight excluding hydrogens is 186 g/mol. The molecule has 1 heterocycles. The van der Waals surface area contributed by atoms with Gasteiger partial charge in [0.25, 0.3) is 0 Å². The number of aromatic amines is 1. The zero-order valence-corrected chi connectivity index (χ0v) is 8.39. The molecule has 5 heteroatoms. The van der Waals surface area contributed by atoms with Crippen molar-refractivity contribution in [1.29, 1.82) is 0 Å². The Hall–Kier alpha value is -0.680. The van der Waals surface area contributed by atoms with E-state index in [4.69, 9.17) is 17.3 Å². The van der Waals surface area contributed by atoms with E-state index in [2.05, 4.69) is 17.1 Å². The Morgan fingerprint density at radius 1 is 1.69 bits per heavy atom. The summed E-state index contributed by atoms with van der Waals surface area (Å²) in [5.74, 6) is 0.646. The van der Waals surface area contributed by atoms with Gasteiger partial charge in [-0.3, -0.25) is 9.67 Å². The van der Waals surface area contributed by atoms with Crippen molar-refractivity contribution in [3.63, 3.8) is 0 Å². The van der Waals surface area contributed by atoms with Crippen molar-refractivity contribution in [3.05, 3.63) is 10.6 Å². The van der Waals surface area contributed by atoms with Gasteiger partial charge in [-0.2, -0.15) is 5.10 Å². The second kappa shape index (κ2) is 2.92. The minimum atomic E-state index is -0.0528. The topological polar surface area (TPSA) is 53.8 Å². The van der Waals surface area contributed by atoms with Gasteiger partial charge in [0, 0.05) is 5.54 Å². The Balaban J connectivity index is 2.48. The predicted octanol–water partition coefficient (Wildman–Crippen LogP) is 1.33. The van der Waals surface area contributed by atoms with Crippen LogP contribution in [0.5, 0.6) is 0 Å². The standard InChI is InChI=1S/C8H13N3OS/c1-8(3-2-4-8)11-6(5-12)9-10-7(11)13/h12H,2-5H2,1H3,(H,10,13). The van der Waals surface area contributed by atoms with Gasteiger partial charge in [0.1, 0.15) is 6.61 Å². The molecule has 0 amide bonds. The lowest BCUT2D eigenvalue weighted by atomic mass is 9.78. The molecule has 1 saturated carbocycles. The molecule has 0 unspecified atom stereocenters. The van der Waals surface area contributed by atoms with Crippen molar-refractivity contribution in [2.45, 2.75) is 38.3 Å². The van der Waals surface area contributed by atoms with Crippen LogP contribution >= 0.6 is 12.2 Å². The zero-order chi connectivity index (χ0) is 9.47. The van der Waals surface area contributed by atoms with Gasteiger partial charge in [-0.1, -0.05) is 0 Å². The number of nitrogens with zero attached hydrogens (tertiary/aromatic N) is 2. The number of rotatable bonds is 2. The quantitative estimate of drug-likeness (QED) is 0.706. The van der Waals surface area contributed by atoms with E-state index in [1.165, 1.54) is 6.42 Å². The Bertz CT molecular complexity index is 364. The molecule has 0 aromatic carbocycles. The summed E-state index contributed by atoms with van der Waals surface area (Å²) >= 11 is 5.12. The summed E-state index contributed by atoms with van der Waals surface area (Å²) in [4.78, 5) is 0. The molecule has 0 spiro atoms. The van der Waals surface area contributed by atoms with E-state index in [0.717, 1.165) is 12.8 Å². The lowest BCUT2D eigenvalue weighted by Crippen LogP contribution is -2.38. The maximum atomic E-state index is 9.07. The minimum absolute atomic E-state index is 0.0528. The van der Waals surface area contributed by atoms with Crippen molar-refractivity contribution in [2.24, 2.45) is 0 Å². The molecule has 1 aromatic heterocycles. The third kappa shape index (κ3) is 1.23. The van der Waals surface area contributed by atoms with Gasteiger partial charge in [-0.25, -0.2) is 0 Å². The first-order chi connectivity index (χ1) is 6.17. The van der Waals surface area contributed by atoms with Crippen molar-refractivity contribution in [1.82, 2.24) is 14.8 Å². The predicted molar refractivity (Wildman–Crippen MR) is 50.8 cm³/mol. The zero-order valence-electron chi connectivity index (χ0n) is 7.58. The third-order valence-corrected chi connectivity index (χ3v) is 3.13.